The first-order valence-electron chi connectivity index (χ1n) is 9.69. The minimum Gasteiger partial charge on any atom is -0.491 e. The first-order valence-corrected chi connectivity index (χ1v) is 9.69. The van der Waals surface area contributed by atoms with E-state index in [-0.39, 0.29) is 18.6 Å². The lowest BCUT2D eigenvalue weighted by Gasteiger charge is -2.17. The number of carbonyl (C=O) groups is 1. The number of carbonyl (C=O) groups excluding carboxylic acids is 1. The quantitative estimate of drug-likeness (QED) is 0.534. The van der Waals surface area contributed by atoms with Gasteiger partial charge < -0.3 is 19.4 Å². The Labute approximate surface area is 171 Å². The number of methoxy groups -OCH3 is 1. The zero-order valence-corrected chi connectivity index (χ0v) is 16.9. The van der Waals surface area contributed by atoms with Crippen LogP contribution in [0.1, 0.15) is 24.4 Å². The largest absolute Gasteiger partial charge is 0.491 e. The van der Waals surface area contributed by atoms with E-state index in [1.807, 2.05) is 61.5 Å². The average molecular weight is 393 g/mol. The Balaban J connectivity index is 1.79. The molecule has 1 atom stereocenters. The molecule has 152 valence electrons. The Morgan fingerprint density at radius 2 is 2.00 bits per heavy atom. The van der Waals surface area contributed by atoms with Gasteiger partial charge in [-0.3, -0.25) is 4.79 Å². The second-order valence-electron chi connectivity index (χ2n) is 6.78. The number of amides is 1. The van der Waals surface area contributed by atoms with Crippen LogP contribution in [-0.4, -0.2) is 35.8 Å². The first kappa shape index (κ1) is 20.6. The van der Waals surface area contributed by atoms with Crippen LogP contribution in [-0.2, 0) is 22.5 Å². The van der Waals surface area contributed by atoms with Gasteiger partial charge in [-0.25, -0.2) is 4.98 Å². The lowest BCUT2D eigenvalue weighted by Crippen LogP contribution is -2.31. The Kier molecular flexibility index (Phi) is 7.03. The maximum Gasteiger partial charge on any atom is 0.246 e. The van der Waals surface area contributed by atoms with E-state index in [9.17, 15) is 4.79 Å². The molecule has 0 bridgehead atoms. The lowest BCUT2D eigenvalue weighted by atomic mass is 10.1. The maximum absolute atomic E-state index is 11.9. The topological polar surface area (TPSA) is 65.4 Å². The molecule has 1 amide bonds. The van der Waals surface area contributed by atoms with Crippen molar-refractivity contribution in [3.8, 4) is 5.75 Å². The Morgan fingerprint density at radius 1 is 1.24 bits per heavy atom. The van der Waals surface area contributed by atoms with Crippen LogP contribution < -0.4 is 10.1 Å². The van der Waals surface area contributed by atoms with E-state index >= 15 is 0 Å². The van der Waals surface area contributed by atoms with Crippen molar-refractivity contribution in [2.75, 3.05) is 20.3 Å². The number of imidazole rings is 1. The van der Waals surface area contributed by atoms with Crippen LogP contribution in [0.3, 0.4) is 0 Å². The highest BCUT2D eigenvalue weighted by Crippen LogP contribution is 2.22. The van der Waals surface area contributed by atoms with Gasteiger partial charge in [0.2, 0.25) is 5.91 Å². The van der Waals surface area contributed by atoms with Gasteiger partial charge in [0.25, 0.3) is 0 Å². The number of nitrogens with zero attached hydrogens (tertiary/aromatic N) is 2. The van der Waals surface area contributed by atoms with Gasteiger partial charge in [-0.15, -0.1) is 6.58 Å². The minimum absolute atomic E-state index is 0.0216. The van der Waals surface area contributed by atoms with E-state index in [4.69, 9.17) is 14.5 Å². The third-order valence-electron chi connectivity index (χ3n) is 4.63. The number of para-hydroxylation sites is 3. The molecule has 1 aromatic heterocycles. The van der Waals surface area contributed by atoms with E-state index in [0.29, 0.717) is 13.2 Å². The number of nitrogens with one attached hydrogen (secondary N) is 1. The van der Waals surface area contributed by atoms with E-state index in [0.717, 1.165) is 34.6 Å². The van der Waals surface area contributed by atoms with E-state index < -0.39 is 0 Å². The third-order valence-corrected chi connectivity index (χ3v) is 4.63. The molecular formula is C23H27N3O3. The average Bonchev–Trinajstić information content (AvgIpc) is 3.08. The molecule has 6 heteroatoms. The molecule has 0 aliphatic rings. The second-order valence-corrected chi connectivity index (χ2v) is 6.78. The molecule has 1 N–H and O–H groups in total. The summed E-state index contributed by atoms with van der Waals surface area (Å²) in [5.41, 5.74) is 3.01. The van der Waals surface area contributed by atoms with Crippen molar-refractivity contribution in [1.82, 2.24) is 14.9 Å². The van der Waals surface area contributed by atoms with Gasteiger partial charge in [-0.2, -0.15) is 0 Å². The van der Waals surface area contributed by atoms with Crippen molar-refractivity contribution in [2.24, 2.45) is 0 Å². The maximum atomic E-state index is 11.9. The lowest BCUT2D eigenvalue weighted by molar-refractivity contribution is -0.125. The van der Waals surface area contributed by atoms with Gasteiger partial charge in [0.1, 0.15) is 24.8 Å². The van der Waals surface area contributed by atoms with Crippen molar-refractivity contribution >= 4 is 16.9 Å². The number of allylic oxidation sites excluding steroid dienone is 1. The molecule has 0 aliphatic carbocycles. The summed E-state index contributed by atoms with van der Waals surface area (Å²) in [6.07, 6.45) is 2.63. The van der Waals surface area contributed by atoms with Gasteiger partial charge in [0.05, 0.1) is 23.6 Å². The van der Waals surface area contributed by atoms with Crippen LogP contribution in [0.2, 0.25) is 0 Å². The molecular weight excluding hydrogens is 366 g/mol. The van der Waals surface area contributed by atoms with Crippen LogP contribution in [0, 0.1) is 0 Å². The van der Waals surface area contributed by atoms with Gasteiger partial charge in [0.15, 0.2) is 0 Å². The minimum atomic E-state index is -0.252. The van der Waals surface area contributed by atoms with E-state index in [1.165, 1.54) is 7.11 Å². The SMILES string of the molecule is C=CCc1ccccc1OCCn1c(C(C)NC(=O)COC)nc2ccccc21. The van der Waals surface area contributed by atoms with Gasteiger partial charge >= 0.3 is 0 Å². The smallest absolute Gasteiger partial charge is 0.246 e. The predicted molar refractivity (Wildman–Crippen MR) is 114 cm³/mol. The highest BCUT2D eigenvalue weighted by molar-refractivity contribution is 5.78. The summed E-state index contributed by atoms with van der Waals surface area (Å²) in [6, 6.07) is 15.7. The summed E-state index contributed by atoms with van der Waals surface area (Å²) >= 11 is 0. The fourth-order valence-corrected chi connectivity index (χ4v) is 3.35. The summed E-state index contributed by atoms with van der Waals surface area (Å²) in [6.45, 7) is 6.85. The van der Waals surface area contributed by atoms with Crippen molar-refractivity contribution < 1.29 is 14.3 Å². The molecule has 0 saturated carbocycles. The normalized spacial score (nSPS) is 11.9. The fourth-order valence-electron chi connectivity index (χ4n) is 3.35. The molecule has 0 saturated heterocycles. The molecule has 0 spiro atoms. The van der Waals surface area contributed by atoms with Crippen molar-refractivity contribution in [3.05, 3.63) is 72.6 Å². The van der Waals surface area contributed by atoms with Crippen LogP contribution in [0.4, 0.5) is 0 Å². The van der Waals surface area contributed by atoms with Crippen LogP contribution in [0.5, 0.6) is 5.75 Å². The Bertz CT molecular complexity index is 980. The third kappa shape index (κ3) is 5.03. The highest BCUT2D eigenvalue weighted by Gasteiger charge is 2.18. The zero-order valence-electron chi connectivity index (χ0n) is 16.9. The number of hydrogen-bond acceptors (Lipinski definition) is 4. The molecule has 0 fully saturated rings. The molecule has 1 unspecified atom stereocenters. The number of ether oxygens (including phenoxy) is 2. The van der Waals surface area contributed by atoms with Crippen LogP contribution >= 0.6 is 0 Å². The van der Waals surface area contributed by atoms with Crippen molar-refractivity contribution in [1.29, 1.82) is 0 Å². The molecule has 3 rings (SSSR count). The number of hydrogen-bond donors (Lipinski definition) is 1. The Morgan fingerprint density at radius 3 is 2.79 bits per heavy atom. The van der Waals surface area contributed by atoms with Crippen LogP contribution in [0.15, 0.2) is 61.2 Å². The number of rotatable bonds is 10. The second kappa shape index (κ2) is 9.89. The van der Waals surface area contributed by atoms with Crippen molar-refractivity contribution in [2.45, 2.75) is 25.9 Å². The zero-order chi connectivity index (χ0) is 20.6. The van der Waals surface area contributed by atoms with Crippen molar-refractivity contribution in [3.63, 3.8) is 0 Å². The first-order chi connectivity index (χ1) is 14.1. The summed E-state index contributed by atoms with van der Waals surface area (Å²) in [4.78, 5) is 16.7. The summed E-state index contributed by atoms with van der Waals surface area (Å²) in [5, 5.41) is 2.93. The molecule has 1 heterocycles. The van der Waals surface area contributed by atoms with Gasteiger partial charge in [-0.05, 0) is 37.1 Å². The molecule has 3 aromatic rings. The summed E-state index contributed by atoms with van der Waals surface area (Å²) in [7, 11) is 1.50. The van der Waals surface area contributed by atoms with Crippen LogP contribution in [0.25, 0.3) is 11.0 Å². The predicted octanol–water partition coefficient (Wildman–Crippen LogP) is 3.67. The standard InChI is InChI=1S/C23H27N3O3/c1-4-9-18-10-5-8-13-21(18)29-15-14-26-20-12-7-6-11-19(20)25-23(26)17(2)24-22(27)16-28-3/h4-8,10-13,17H,1,9,14-16H2,2-3H3,(H,24,27). The Hall–Kier alpha value is -3.12. The molecule has 0 aliphatic heterocycles. The van der Waals surface area contributed by atoms with Gasteiger partial charge in [-0.1, -0.05) is 36.4 Å². The molecule has 2 aromatic carbocycles. The number of benzene rings is 2. The monoisotopic (exact) mass is 393 g/mol. The number of aromatic nitrogens is 2. The van der Waals surface area contributed by atoms with Gasteiger partial charge in [0, 0.05) is 7.11 Å². The fraction of sp³-hybridized carbons (Fsp3) is 0.304. The van der Waals surface area contributed by atoms with E-state index in [2.05, 4.69) is 16.5 Å². The number of fused-ring (bicyclic) bond motifs is 1. The summed E-state index contributed by atoms with van der Waals surface area (Å²) in [5.74, 6) is 1.48. The molecule has 6 nitrogen and oxygen atoms in total. The highest BCUT2D eigenvalue weighted by atomic mass is 16.5. The molecule has 0 radical (unpaired) electrons. The summed E-state index contributed by atoms with van der Waals surface area (Å²) < 4.78 is 13.1. The van der Waals surface area contributed by atoms with E-state index in [1.54, 1.807) is 0 Å². The molecule has 29 heavy (non-hydrogen) atoms.